The minimum absolute atomic E-state index is 0.0119. The van der Waals surface area contributed by atoms with E-state index in [0.29, 0.717) is 25.2 Å². The maximum Gasteiger partial charge on any atom is 0.324 e. The molecule has 2 saturated heterocycles. The number of nitrogens with one attached hydrogen (secondary N) is 1. The number of hydrogen-bond donors (Lipinski definition) is 2. The zero-order valence-corrected chi connectivity index (χ0v) is 37.2. The number of likely N-dealkylation sites (tertiary alicyclic amines) is 2. The number of carbonyl (C=O) groups excluding carboxylic acids is 5. The third-order valence-electron chi connectivity index (χ3n) is 11.8. The molecule has 0 atom stereocenters. The molecule has 6 aromatic rings. The molecule has 0 saturated carbocycles. The maximum absolute atomic E-state index is 13.5. The van der Waals surface area contributed by atoms with Gasteiger partial charge in [0, 0.05) is 59.8 Å². The van der Waals surface area contributed by atoms with Gasteiger partial charge in [-0.2, -0.15) is 8.78 Å². The van der Waals surface area contributed by atoms with Crippen molar-refractivity contribution >= 4 is 40.9 Å². The molecule has 0 radical (unpaired) electrons. The van der Waals surface area contributed by atoms with Crippen LogP contribution in [-0.2, 0) is 17.9 Å². The van der Waals surface area contributed by atoms with E-state index in [-0.39, 0.29) is 36.5 Å². The molecule has 0 bridgehead atoms. The Labute approximate surface area is 388 Å². The molecule has 0 aliphatic carbocycles. The molecule has 5 amide bonds. The number of urea groups is 2. The van der Waals surface area contributed by atoms with Crippen LogP contribution in [0.15, 0.2) is 143 Å². The summed E-state index contributed by atoms with van der Waals surface area (Å²) in [7, 11) is 0. The van der Waals surface area contributed by atoms with Gasteiger partial charge in [-0.15, -0.1) is 0 Å². The summed E-state index contributed by atoms with van der Waals surface area (Å²) in [6, 6.07) is 33.2. The second-order valence-corrected chi connectivity index (χ2v) is 16.4. The molecule has 67 heavy (non-hydrogen) atoms. The van der Waals surface area contributed by atoms with E-state index in [4.69, 9.17) is 14.6 Å². The first-order chi connectivity index (χ1) is 32.6. The SMILES string of the molecule is NCC(=O)c1ccc(CN(C(=O)N2CCCCC2)c2ccc(-c3ccoc3)cc2)cc1.O=C(CNC(=O)C(F)F)c1ccc(CN(C(=O)N2CCCCC2)c2ccc(-c3ccoc3)cc2)cc1. The number of carbonyl (C=O) groups is 5. The Balaban J connectivity index is 0.000000201. The molecule has 2 aliphatic heterocycles. The van der Waals surface area contributed by atoms with Crippen LogP contribution in [0.5, 0.6) is 0 Å². The van der Waals surface area contributed by atoms with Crippen molar-refractivity contribution in [3.63, 3.8) is 0 Å². The predicted molar refractivity (Wildman–Crippen MR) is 252 cm³/mol. The molecule has 2 fully saturated rings. The first-order valence-electron chi connectivity index (χ1n) is 22.5. The summed E-state index contributed by atoms with van der Waals surface area (Å²) in [4.78, 5) is 69.2. The number of nitrogens with zero attached hydrogens (tertiary/aromatic N) is 4. The van der Waals surface area contributed by atoms with Gasteiger partial charge in [0.15, 0.2) is 11.6 Å². The highest BCUT2D eigenvalue weighted by Gasteiger charge is 2.26. The Morgan fingerprint density at radius 2 is 0.940 bits per heavy atom. The van der Waals surface area contributed by atoms with Crippen molar-refractivity contribution in [1.29, 1.82) is 0 Å². The second-order valence-electron chi connectivity index (χ2n) is 16.4. The van der Waals surface area contributed by atoms with Crippen molar-refractivity contribution in [1.82, 2.24) is 15.1 Å². The van der Waals surface area contributed by atoms with Crippen molar-refractivity contribution < 1.29 is 41.6 Å². The monoisotopic (exact) mass is 912 g/mol. The van der Waals surface area contributed by atoms with Crippen molar-refractivity contribution in [2.24, 2.45) is 5.73 Å². The van der Waals surface area contributed by atoms with Gasteiger partial charge in [0.25, 0.3) is 5.91 Å². The zero-order chi connectivity index (χ0) is 47.1. The van der Waals surface area contributed by atoms with Crippen LogP contribution in [0.3, 0.4) is 0 Å². The molecule has 8 rings (SSSR count). The molecule has 2 aliphatic rings. The number of furan rings is 2. The molecule has 13 nitrogen and oxygen atoms in total. The van der Waals surface area contributed by atoms with Gasteiger partial charge in [0.2, 0.25) is 0 Å². The van der Waals surface area contributed by atoms with Gasteiger partial charge < -0.3 is 29.7 Å². The van der Waals surface area contributed by atoms with Gasteiger partial charge in [-0.1, -0.05) is 72.8 Å². The van der Waals surface area contributed by atoms with Crippen LogP contribution in [0.25, 0.3) is 22.3 Å². The average Bonchev–Trinajstić information content (AvgIpc) is 4.14. The summed E-state index contributed by atoms with van der Waals surface area (Å²) in [6.45, 7) is 3.18. The Hall–Kier alpha value is -7.39. The predicted octanol–water partition coefficient (Wildman–Crippen LogP) is 9.82. The van der Waals surface area contributed by atoms with Crippen LogP contribution in [0.4, 0.5) is 29.7 Å². The molecule has 0 spiro atoms. The summed E-state index contributed by atoms with van der Waals surface area (Å²) in [5, 5.41) is 1.91. The Bertz CT molecular complexity index is 2540. The molecule has 4 heterocycles. The summed E-state index contributed by atoms with van der Waals surface area (Å²) in [6.07, 6.45) is 9.74. The van der Waals surface area contributed by atoms with Crippen LogP contribution in [0.2, 0.25) is 0 Å². The van der Waals surface area contributed by atoms with Gasteiger partial charge in [-0.25, -0.2) is 9.59 Å². The smallest absolute Gasteiger partial charge is 0.324 e. The highest BCUT2D eigenvalue weighted by molar-refractivity contribution is 6.00. The Kier molecular flexibility index (Phi) is 16.5. The lowest BCUT2D eigenvalue weighted by molar-refractivity contribution is -0.131. The number of alkyl halides is 2. The fourth-order valence-electron chi connectivity index (χ4n) is 8.00. The minimum Gasteiger partial charge on any atom is -0.472 e. The number of piperidine rings is 2. The number of Topliss-reactive ketones (excluding diaryl/α,β-unsaturated/α-hetero) is 2. The highest BCUT2D eigenvalue weighted by Crippen LogP contribution is 2.28. The highest BCUT2D eigenvalue weighted by atomic mass is 19.3. The molecule has 2 aromatic heterocycles. The van der Waals surface area contributed by atoms with Crippen molar-refractivity contribution in [3.8, 4) is 22.3 Å². The fraction of sp³-hybridized carbons (Fsp3) is 0.288. The zero-order valence-electron chi connectivity index (χ0n) is 37.2. The maximum atomic E-state index is 13.5. The van der Waals surface area contributed by atoms with Crippen LogP contribution < -0.4 is 20.9 Å². The van der Waals surface area contributed by atoms with E-state index in [1.165, 1.54) is 6.42 Å². The van der Waals surface area contributed by atoms with E-state index in [2.05, 4.69) is 0 Å². The first kappa shape index (κ1) is 47.6. The van der Waals surface area contributed by atoms with E-state index in [9.17, 15) is 32.8 Å². The summed E-state index contributed by atoms with van der Waals surface area (Å²) in [5.74, 6) is -2.06. The lowest BCUT2D eigenvalue weighted by atomic mass is 10.1. The Morgan fingerprint density at radius 1 is 0.537 bits per heavy atom. The molecule has 3 N–H and O–H groups in total. The van der Waals surface area contributed by atoms with E-state index in [0.717, 1.165) is 89.9 Å². The molecular formula is C52H54F2N6O7. The normalized spacial score (nSPS) is 13.6. The lowest BCUT2D eigenvalue weighted by Gasteiger charge is -2.33. The molecule has 348 valence electrons. The molecular weight excluding hydrogens is 859 g/mol. The summed E-state index contributed by atoms with van der Waals surface area (Å²) in [5.41, 5.74) is 13.6. The number of rotatable bonds is 14. The van der Waals surface area contributed by atoms with Crippen LogP contribution in [-0.4, -0.2) is 85.0 Å². The second kappa shape index (κ2) is 23.2. The van der Waals surface area contributed by atoms with Gasteiger partial charge in [0.1, 0.15) is 0 Å². The van der Waals surface area contributed by atoms with Crippen molar-refractivity contribution in [2.75, 3.05) is 49.1 Å². The lowest BCUT2D eigenvalue weighted by Crippen LogP contribution is -2.45. The van der Waals surface area contributed by atoms with E-state index in [1.807, 2.05) is 92.8 Å². The van der Waals surface area contributed by atoms with Gasteiger partial charge in [-0.05, 0) is 97.2 Å². The molecule has 15 heteroatoms. The summed E-state index contributed by atoms with van der Waals surface area (Å²) < 4.78 is 35.0. The third-order valence-corrected chi connectivity index (χ3v) is 11.8. The van der Waals surface area contributed by atoms with Gasteiger partial charge in [0.05, 0.1) is 51.2 Å². The number of nitrogens with two attached hydrogens (primary N) is 1. The van der Waals surface area contributed by atoms with Crippen molar-refractivity contribution in [3.05, 3.63) is 157 Å². The number of hydrogen-bond acceptors (Lipinski definition) is 8. The molecule has 0 unspecified atom stereocenters. The van der Waals surface area contributed by atoms with Crippen LogP contribution in [0, 0.1) is 0 Å². The fourth-order valence-corrected chi connectivity index (χ4v) is 8.00. The quantitative estimate of drug-likeness (QED) is 0.102. The van der Waals surface area contributed by atoms with E-state index < -0.39 is 24.7 Å². The van der Waals surface area contributed by atoms with E-state index >= 15 is 0 Å². The van der Waals surface area contributed by atoms with Crippen LogP contribution in [0.1, 0.15) is 70.4 Å². The standard InChI is InChI=1S/C27H27F2N3O4.C25H27N3O3/c28-25(29)26(34)30-16-24(33)21-6-4-19(5-7-21)17-32(27(35)31-13-2-1-3-14-31)23-10-8-20(9-11-23)22-12-15-36-18-22;26-16-24(29)21-6-4-19(5-7-21)17-28(25(30)27-13-2-1-3-14-27)23-10-8-20(9-11-23)22-12-15-31-18-22/h4-12,15,18,25H,1-3,13-14,16-17H2,(H,30,34);4-12,15,18H,1-3,13-14,16-17,26H2. The van der Waals surface area contributed by atoms with Gasteiger partial charge >= 0.3 is 18.5 Å². The molecule has 4 aromatic carbocycles. The first-order valence-corrected chi connectivity index (χ1v) is 22.5. The van der Waals surface area contributed by atoms with Crippen molar-refractivity contribution in [2.45, 2.75) is 58.0 Å². The summed E-state index contributed by atoms with van der Waals surface area (Å²) >= 11 is 0. The van der Waals surface area contributed by atoms with Crippen LogP contribution >= 0.6 is 0 Å². The number of anilines is 2. The number of halogens is 2. The topological polar surface area (TPSA) is 163 Å². The van der Waals surface area contributed by atoms with E-state index in [1.54, 1.807) is 66.4 Å². The third kappa shape index (κ3) is 12.7. The number of benzene rings is 4. The average molecular weight is 913 g/mol. The number of ketones is 2. The minimum atomic E-state index is -3.17. The largest absolute Gasteiger partial charge is 0.472 e. The Morgan fingerprint density at radius 3 is 1.30 bits per heavy atom. The van der Waals surface area contributed by atoms with Gasteiger partial charge in [-0.3, -0.25) is 24.2 Å². The number of amides is 5.